The van der Waals surface area contributed by atoms with Gasteiger partial charge in [-0.15, -0.1) is 0 Å². The van der Waals surface area contributed by atoms with Gasteiger partial charge in [-0.3, -0.25) is 20.2 Å². The van der Waals surface area contributed by atoms with Crippen LogP contribution in [0.4, 0.5) is 4.79 Å². The van der Waals surface area contributed by atoms with Crippen molar-refractivity contribution in [3.63, 3.8) is 0 Å². The average Bonchev–Trinajstić information content (AvgIpc) is 2.54. The molecule has 7 heteroatoms. The van der Waals surface area contributed by atoms with Crippen LogP contribution in [0.1, 0.15) is 30.7 Å². The Morgan fingerprint density at radius 1 is 1.00 bits per heavy atom. The number of rotatable bonds is 1. The van der Waals surface area contributed by atoms with E-state index in [-0.39, 0.29) is 5.78 Å². The van der Waals surface area contributed by atoms with E-state index in [0.717, 1.165) is 16.5 Å². The number of fused-ring (bicyclic) bond motifs is 1. The number of aliphatic imine (C=N–C) groups is 1. The van der Waals surface area contributed by atoms with E-state index in [9.17, 15) is 14.4 Å². The van der Waals surface area contributed by atoms with Gasteiger partial charge in [-0.1, -0.05) is 28.1 Å². The molecule has 6 nitrogen and oxygen atoms in total. The van der Waals surface area contributed by atoms with Crippen molar-refractivity contribution in [1.29, 1.82) is 0 Å². The van der Waals surface area contributed by atoms with E-state index in [0.29, 0.717) is 29.9 Å². The molecule has 1 fully saturated rings. The number of carbonyl (C=O) groups excluding carboxylic acids is 3. The lowest BCUT2D eigenvalue weighted by atomic mass is 9.72. The standard InChI is InChI=1S/C17H14BrN3O3/c18-9-6-4-8(5-7-9)12-13-10(2-1-3-11(13)22)19-15-14(12)16(23)21-17(24)20-15/h4-7,12,14H,1-3H2,(H2,19,20,21,23,24). The highest BCUT2D eigenvalue weighted by Crippen LogP contribution is 2.43. The van der Waals surface area contributed by atoms with Crippen LogP contribution >= 0.6 is 15.9 Å². The van der Waals surface area contributed by atoms with Crippen LogP contribution in [0.5, 0.6) is 0 Å². The van der Waals surface area contributed by atoms with Crippen LogP contribution in [0.2, 0.25) is 0 Å². The van der Waals surface area contributed by atoms with Crippen molar-refractivity contribution in [1.82, 2.24) is 10.6 Å². The first-order valence-corrected chi connectivity index (χ1v) is 8.56. The number of benzene rings is 1. The Morgan fingerprint density at radius 2 is 1.75 bits per heavy atom. The summed E-state index contributed by atoms with van der Waals surface area (Å²) < 4.78 is 0.918. The topological polar surface area (TPSA) is 87.6 Å². The summed E-state index contributed by atoms with van der Waals surface area (Å²) in [7, 11) is 0. The molecule has 0 radical (unpaired) electrons. The van der Waals surface area contributed by atoms with Crippen LogP contribution < -0.4 is 10.6 Å². The number of allylic oxidation sites excluding steroid dienone is 2. The minimum atomic E-state index is -0.690. The van der Waals surface area contributed by atoms with E-state index in [4.69, 9.17) is 0 Å². The lowest BCUT2D eigenvalue weighted by Gasteiger charge is -2.37. The first-order chi connectivity index (χ1) is 11.5. The molecule has 1 aliphatic carbocycles. The summed E-state index contributed by atoms with van der Waals surface area (Å²) in [6, 6.07) is 6.99. The Morgan fingerprint density at radius 3 is 2.50 bits per heavy atom. The zero-order chi connectivity index (χ0) is 16.8. The molecule has 1 aromatic rings. The number of amidine groups is 1. The maximum absolute atomic E-state index is 12.6. The monoisotopic (exact) mass is 387 g/mol. The van der Waals surface area contributed by atoms with Crippen LogP contribution in [0.3, 0.4) is 0 Å². The van der Waals surface area contributed by atoms with Gasteiger partial charge in [-0.05, 0) is 30.5 Å². The molecule has 1 saturated heterocycles. The molecule has 0 bridgehead atoms. The van der Waals surface area contributed by atoms with Crippen LogP contribution in [0, 0.1) is 5.92 Å². The number of nitrogens with one attached hydrogen (secondary N) is 2. The van der Waals surface area contributed by atoms with Crippen molar-refractivity contribution in [2.45, 2.75) is 25.2 Å². The summed E-state index contributed by atoms with van der Waals surface area (Å²) in [4.78, 5) is 41.1. The zero-order valence-electron chi connectivity index (χ0n) is 12.6. The second-order valence-electron chi connectivity index (χ2n) is 6.08. The predicted molar refractivity (Wildman–Crippen MR) is 90.4 cm³/mol. The summed E-state index contributed by atoms with van der Waals surface area (Å²) in [5.74, 6) is -1.16. The van der Waals surface area contributed by atoms with Crippen molar-refractivity contribution in [2.75, 3.05) is 0 Å². The molecule has 4 rings (SSSR count). The number of amides is 3. The largest absolute Gasteiger partial charge is 0.326 e. The van der Waals surface area contributed by atoms with Crippen molar-refractivity contribution in [3.05, 3.63) is 45.6 Å². The minimum Gasteiger partial charge on any atom is -0.295 e. The number of nitrogens with zero attached hydrogens (tertiary/aromatic N) is 1. The number of ketones is 1. The molecule has 3 amide bonds. The number of hydrogen-bond acceptors (Lipinski definition) is 4. The van der Waals surface area contributed by atoms with Gasteiger partial charge in [0, 0.05) is 28.1 Å². The molecule has 2 heterocycles. The van der Waals surface area contributed by atoms with Crippen molar-refractivity contribution >= 4 is 39.5 Å². The maximum atomic E-state index is 12.6. The summed E-state index contributed by atoms with van der Waals surface area (Å²) in [6.07, 6.45) is 1.89. The van der Waals surface area contributed by atoms with Crippen molar-refractivity contribution in [3.8, 4) is 0 Å². The van der Waals surface area contributed by atoms with Gasteiger partial charge in [-0.25, -0.2) is 9.79 Å². The first kappa shape index (κ1) is 15.3. The van der Waals surface area contributed by atoms with Gasteiger partial charge in [0.15, 0.2) is 5.78 Å². The number of halogens is 1. The lowest BCUT2D eigenvalue weighted by molar-refractivity contribution is -0.122. The molecule has 24 heavy (non-hydrogen) atoms. The molecular formula is C17H14BrN3O3. The van der Waals surface area contributed by atoms with Gasteiger partial charge in [0.05, 0.1) is 0 Å². The Balaban J connectivity index is 1.90. The minimum absolute atomic E-state index is 0.0386. The fourth-order valence-electron chi connectivity index (χ4n) is 3.60. The van der Waals surface area contributed by atoms with E-state index in [1.165, 1.54) is 0 Å². The maximum Gasteiger partial charge on any atom is 0.326 e. The normalized spacial score (nSPS) is 26.2. The molecule has 2 aliphatic heterocycles. The van der Waals surface area contributed by atoms with Gasteiger partial charge in [0.25, 0.3) is 0 Å². The van der Waals surface area contributed by atoms with Crippen LogP contribution in [0.25, 0.3) is 0 Å². The van der Waals surface area contributed by atoms with Gasteiger partial charge in [0.2, 0.25) is 5.91 Å². The van der Waals surface area contributed by atoms with Crippen LogP contribution in [0.15, 0.2) is 45.0 Å². The molecule has 2 atom stereocenters. The van der Waals surface area contributed by atoms with Crippen LogP contribution in [-0.4, -0.2) is 23.6 Å². The smallest absolute Gasteiger partial charge is 0.295 e. The Bertz CT molecular complexity index is 826. The third-order valence-corrected chi connectivity index (χ3v) is 5.14. The second-order valence-corrected chi connectivity index (χ2v) is 7.00. The number of carbonyl (C=O) groups is 3. The van der Waals surface area contributed by atoms with E-state index in [1.807, 2.05) is 24.3 Å². The summed E-state index contributed by atoms with van der Waals surface area (Å²) in [5, 5.41) is 4.92. The highest BCUT2D eigenvalue weighted by molar-refractivity contribution is 9.10. The Labute approximate surface area is 146 Å². The van der Waals surface area contributed by atoms with Crippen LogP contribution in [-0.2, 0) is 9.59 Å². The Kier molecular flexibility index (Phi) is 3.60. The molecule has 1 aromatic carbocycles. The Hall–Kier alpha value is -2.28. The molecule has 0 saturated carbocycles. The fourth-order valence-corrected chi connectivity index (χ4v) is 3.87. The highest BCUT2D eigenvalue weighted by atomic mass is 79.9. The quantitative estimate of drug-likeness (QED) is 0.775. The summed E-state index contributed by atoms with van der Waals surface area (Å²) in [6.45, 7) is 0. The summed E-state index contributed by atoms with van der Waals surface area (Å²) in [5.41, 5.74) is 2.17. The molecule has 0 spiro atoms. The third kappa shape index (κ3) is 2.39. The van der Waals surface area contributed by atoms with Gasteiger partial charge in [-0.2, -0.15) is 0 Å². The van der Waals surface area contributed by atoms with E-state index in [1.54, 1.807) is 0 Å². The number of hydrogen-bond donors (Lipinski definition) is 2. The molecular weight excluding hydrogens is 374 g/mol. The van der Waals surface area contributed by atoms with Gasteiger partial charge >= 0.3 is 6.03 Å². The molecule has 122 valence electrons. The fraction of sp³-hybridized carbons (Fsp3) is 0.294. The lowest BCUT2D eigenvalue weighted by Crippen LogP contribution is -2.58. The molecule has 2 N–H and O–H groups in total. The van der Waals surface area contributed by atoms with Crippen molar-refractivity contribution in [2.24, 2.45) is 10.9 Å². The number of imide groups is 1. The number of Topliss-reactive ketones (excluding diaryl/α,β-unsaturated/α-hetero) is 1. The predicted octanol–water partition coefficient (Wildman–Crippen LogP) is 2.41. The second kappa shape index (κ2) is 5.66. The SMILES string of the molecule is O=C1NC(=O)C2C(=NC3=C(C(=O)CCC3)C2c2ccc(Br)cc2)N1. The van der Waals surface area contributed by atoms with Gasteiger partial charge < -0.3 is 0 Å². The van der Waals surface area contributed by atoms with E-state index < -0.39 is 23.8 Å². The number of urea groups is 1. The summed E-state index contributed by atoms with van der Waals surface area (Å²) >= 11 is 3.40. The molecule has 0 aromatic heterocycles. The first-order valence-electron chi connectivity index (χ1n) is 7.77. The average molecular weight is 388 g/mol. The van der Waals surface area contributed by atoms with Crippen molar-refractivity contribution < 1.29 is 14.4 Å². The van der Waals surface area contributed by atoms with E-state index >= 15 is 0 Å². The molecule has 2 unspecified atom stereocenters. The zero-order valence-corrected chi connectivity index (χ0v) is 14.2. The highest BCUT2D eigenvalue weighted by Gasteiger charge is 2.46. The molecule has 3 aliphatic rings. The third-order valence-electron chi connectivity index (χ3n) is 4.61. The van der Waals surface area contributed by atoms with Gasteiger partial charge in [0.1, 0.15) is 11.8 Å². The van der Waals surface area contributed by atoms with E-state index in [2.05, 4.69) is 31.6 Å².